The molecule has 4 rings (SSSR count). The van der Waals surface area contributed by atoms with E-state index in [1.54, 1.807) is 0 Å². The second-order valence-corrected chi connectivity index (χ2v) is 12.7. The fourth-order valence-corrected chi connectivity index (χ4v) is 8.54. The van der Waals surface area contributed by atoms with Crippen LogP contribution in [-0.2, 0) is 9.59 Å². The van der Waals surface area contributed by atoms with Crippen LogP contribution in [-0.4, -0.2) is 35.8 Å². The van der Waals surface area contributed by atoms with Crippen molar-refractivity contribution in [2.75, 3.05) is 7.05 Å². The molecular weight excluding hydrogens is 372 g/mol. The summed E-state index contributed by atoms with van der Waals surface area (Å²) in [6, 6.07) is 0.681. The van der Waals surface area contributed by atoms with Gasteiger partial charge in [-0.05, 0) is 86.4 Å². The van der Waals surface area contributed by atoms with Gasteiger partial charge < -0.3 is 10.2 Å². The van der Waals surface area contributed by atoms with Crippen LogP contribution in [0.3, 0.4) is 0 Å². The Morgan fingerprint density at radius 3 is 2.37 bits per heavy atom. The lowest BCUT2D eigenvalue weighted by Gasteiger charge is -2.62. The van der Waals surface area contributed by atoms with Gasteiger partial charge in [0.25, 0.3) is 0 Å². The Morgan fingerprint density at radius 2 is 1.70 bits per heavy atom. The monoisotopic (exact) mass is 416 g/mol. The van der Waals surface area contributed by atoms with Gasteiger partial charge in [0.15, 0.2) is 0 Å². The molecule has 2 amide bonds. The normalized spacial score (nSPS) is 44.7. The van der Waals surface area contributed by atoms with Crippen LogP contribution in [0.2, 0.25) is 0 Å². The van der Waals surface area contributed by atoms with E-state index in [-0.39, 0.29) is 22.8 Å². The molecule has 0 bridgehead atoms. The van der Waals surface area contributed by atoms with E-state index in [2.05, 4.69) is 31.0 Å². The predicted molar refractivity (Wildman–Crippen MR) is 121 cm³/mol. The van der Waals surface area contributed by atoms with E-state index in [4.69, 9.17) is 0 Å². The third kappa shape index (κ3) is 3.23. The van der Waals surface area contributed by atoms with E-state index in [1.807, 2.05) is 27.8 Å². The zero-order chi connectivity index (χ0) is 22.1. The first-order valence-electron chi connectivity index (χ1n) is 12.5. The maximum atomic E-state index is 12.6. The summed E-state index contributed by atoms with van der Waals surface area (Å²) in [5, 5.41) is 3.37. The molecule has 1 N–H and O–H groups in total. The van der Waals surface area contributed by atoms with Crippen molar-refractivity contribution in [1.82, 2.24) is 10.2 Å². The molecule has 170 valence electrons. The predicted octanol–water partition coefficient (Wildman–Crippen LogP) is 5.02. The van der Waals surface area contributed by atoms with Gasteiger partial charge in [-0.15, -0.1) is 0 Å². The average molecular weight is 417 g/mol. The molecule has 4 nitrogen and oxygen atoms in total. The minimum Gasteiger partial charge on any atom is -0.353 e. The Balaban J connectivity index is 1.53. The SMILES string of the molecule is CC(NC(=O)C(C)(C)C)[C@H]1CC[C@H]2[C@@H]3CC[C@H]4N(C)C(=O)CC[C@]4(C)[C@H]3CC[C@]12C. The van der Waals surface area contributed by atoms with Crippen LogP contribution >= 0.6 is 0 Å². The number of hydrogen-bond acceptors (Lipinski definition) is 2. The minimum atomic E-state index is -0.331. The molecule has 4 heteroatoms. The summed E-state index contributed by atoms with van der Waals surface area (Å²) in [5.41, 5.74) is 0.296. The van der Waals surface area contributed by atoms with E-state index in [0.717, 1.165) is 30.6 Å². The van der Waals surface area contributed by atoms with Crippen molar-refractivity contribution in [1.29, 1.82) is 0 Å². The lowest BCUT2D eigenvalue weighted by molar-refractivity contribution is -0.158. The Bertz CT molecular complexity index is 712. The smallest absolute Gasteiger partial charge is 0.225 e. The standard InChI is InChI=1S/C26H44N2O2/c1-16(27-23(30)24(2,3)4)18-9-10-19-17-8-11-21-26(6,15-13-22(29)28(21)7)20(17)12-14-25(18,19)5/h16-21H,8-15H2,1-7H3,(H,27,30)/t16?,17-,18+,19-,20-,21+,25+,26+/m0/s1. The van der Waals surface area contributed by atoms with Crippen LogP contribution in [0.1, 0.15) is 92.9 Å². The molecule has 1 heterocycles. The fraction of sp³-hybridized carbons (Fsp3) is 0.923. The van der Waals surface area contributed by atoms with Crippen molar-refractivity contribution in [3.05, 3.63) is 0 Å². The first kappa shape index (κ1) is 22.1. The van der Waals surface area contributed by atoms with Crippen LogP contribution in [0.5, 0.6) is 0 Å². The first-order valence-corrected chi connectivity index (χ1v) is 12.5. The molecule has 4 aliphatic rings. The molecule has 1 aliphatic heterocycles. The first-order chi connectivity index (χ1) is 13.9. The number of carbonyl (C=O) groups excluding carboxylic acids is 2. The van der Waals surface area contributed by atoms with Crippen LogP contribution in [0.15, 0.2) is 0 Å². The summed E-state index contributed by atoms with van der Waals surface area (Å²) in [7, 11) is 2.04. The summed E-state index contributed by atoms with van der Waals surface area (Å²) in [5.74, 6) is 3.43. The Morgan fingerprint density at radius 1 is 1.03 bits per heavy atom. The van der Waals surface area contributed by atoms with Crippen molar-refractivity contribution < 1.29 is 9.59 Å². The molecule has 0 aromatic rings. The Hall–Kier alpha value is -1.06. The van der Waals surface area contributed by atoms with E-state index < -0.39 is 0 Å². The van der Waals surface area contributed by atoms with Gasteiger partial charge in [0.05, 0.1) is 0 Å². The lowest BCUT2D eigenvalue weighted by atomic mass is 9.46. The third-order valence-corrected chi connectivity index (χ3v) is 10.3. The summed E-state index contributed by atoms with van der Waals surface area (Å²) in [4.78, 5) is 27.1. The highest BCUT2D eigenvalue weighted by Gasteiger charge is 2.61. The topological polar surface area (TPSA) is 49.4 Å². The number of carbonyl (C=O) groups is 2. The Kier molecular flexibility index (Phi) is 5.34. The highest BCUT2D eigenvalue weighted by Crippen LogP contribution is 2.66. The maximum absolute atomic E-state index is 12.6. The maximum Gasteiger partial charge on any atom is 0.225 e. The van der Waals surface area contributed by atoms with Crippen LogP contribution < -0.4 is 5.32 Å². The summed E-state index contributed by atoms with van der Waals surface area (Å²) in [6.45, 7) is 13.3. The number of piperidine rings is 1. The number of rotatable bonds is 2. The highest BCUT2D eigenvalue weighted by molar-refractivity contribution is 5.81. The fourth-order valence-electron chi connectivity index (χ4n) is 8.54. The molecule has 3 aliphatic carbocycles. The molecule has 0 aromatic heterocycles. The molecule has 8 atom stereocenters. The highest BCUT2D eigenvalue weighted by atomic mass is 16.2. The zero-order valence-corrected chi connectivity index (χ0v) is 20.4. The summed E-state index contributed by atoms with van der Waals surface area (Å²) < 4.78 is 0. The molecule has 0 aromatic carbocycles. The van der Waals surface area contributed by atoms with Gasteiger partial charge in [-0.2, -0.15) is 0 Å². The average Bonchev–Trinajstić information content (AvgIpc) is 3.01. The van der Waals surface area contributed by atoms with E-state index in [1.165, 1.54) is 38.5 Å². The van der Waals surface area contributed by atoms with Crippen molar-refractivity contribution in [3.63, 3.8) is 0 Å². The number of hydrogen-bond donors (Lipinski definition) is 1. The van der Waals surface area contributed by atoms with Gasteiger partial charge in [0, 0.05) is 31.0 Å². The number of fused-ring (bicyclic) bond motifs is 5. The van der Waals surface area contributed by atoms with Crippen LogP contribution in [0, 0.1) is 39.9 Å². The second-order valence-electron chi connectivity index (χ2n) is 12.7. The number of nitrogens with zero attached hydrogens (tertiary/aromatic N) is 1. The van der Waals surface area contributed by atoms with Crippen molar-refractivity contribution in [2.24, 2.45) is 39.9 Å². The van der Waals surface area contributed by atoms with Crippen molar-refractivity contribution >= 4 is 11.8 Å². The molecule has 0 spiro atoms. The second kappa shape index (κ2) is 7.24. The lowest BCUT2D eigenvalue weighted by Crippen LogP contribution is -2.61. The van der Waals surface area contributed by atoms with E-state index >= 15 is 0 Å². The van der Waals surface area contributed by atoms with Gasteiger partial charge in [0.1, 0.15) is 0 Å². The molecule has 30 heavy (non-hydrogen) atoms. The van der Waals surface area contributed by atoms with Gasteiger partial charge >= 0.3 is 0 Å². The summed E-state index contributed by atoms with van der Waals surface area (Å²) >= 11 is 0. The molecule has 1 saturated heterocycles. The number of likely N-dealkylation sites (tertiary alicyclic amines) is 1. The van der Waals surface area contributed by atoms with Gasteiger partial charge in [-0.25, -0.2) is 0 Å². The van der Waals surface area contributed by atoms with Gasteiger partial charge in [-0.1, -0.05) is 34.6 Å². The van der Waals surface area contributed by atoms with Gasteiger partial charge in [-0.3, -0.25) is 9.59 Å². The number of nitrogens with one attached hydrogen (secondary N) is 1. The molecule has 1 unspecified atom stereocenters. The number of amides is 2. The zero-order valence-electron chi connectivity index (χ0n) is 20.4. The molecule has 4 fully saturated rings. The molecule has 3 saturated carbocycles. The minimum absolute atomic E-state index is 0.179. The van der Waals surface area contributed by atoms with E-state index in [9.17, 15) is 9.59 Å². The van der Waals surface area contributed by atoms with Crippen molar-refractivity contribution in [3.8, 4) is 0 Å². The quantitative estimate of drug-likeness (QED) is 0.687. The summed E-state index contributed by atoms with van der Waals surface area (Å²) in [6.07, 6.45) is 9.39. The van der Waals surface area contributed by atoms with Crippen LogP contribution in [0.25, 0.3) is 0 Å². The van der Waals surface area contributed by atoms with E-state index in [0.29, 0.717) is 23.3 Å². The van der Waals surface area contributed by atoms with Gasteiger partial charge in [0.2, 0.25) is 11.8 Å². The van der Waals surface area contributed by atoms with Crippen LogP contribution in [0.4, 0.5) is 0 Å². The molecule has 0 radical (unpaired) electrons. The third-order valence-electron chi connectivity index (χ3n) is 10.3. The molecular formula is C26H44N2O2. The van der Waals surface area contributed by atoms with Crippen molar-refractivity contribution in [2.45, 2.75) is 105 Å². The Labute approximate surface area is 183 Å². The largest absolute Gasteiger partial charge is 0.353 e.